The van der Waals surface area contributed by atoms with Gasteiger partial charge in [0.05, 0.1) is 17.7 Å². The minimum atomic E-state index is -0.417. The zero-order valence-electron chi connectivity index (χ0n) is 20.6. The number of unbranched alkanes of at least 4 members (excludes halogenated alkanes) is 2. The van der Waals surface area contributed by atoms with Crippen molar-refractivity contribution in [3.8, 4) is 0 Å². The molecule has 1 aliphatic rings. The van der Waals surface area contributed by atoms with Gasteiger partial charge in [-0.15, -0.1) is 10.3 Å². The van der Waals surface area contributed by atoms with Gasteiger partial charge in [0.15, 0.2) is 0 Å². The molecule has 2 aromatic rings. The predicted octanol–water partition coefficient (Wildman–Crippen LogP) is 5.86. The first-order valence-corrected chi connectivity index (χ1v) is 13.0. The van der Waals surface area contributed by atoms with Crippen LogP contribution < -0.4 is 5.01 Å². The zero-order chi connectivity index (χ0) is 24.0. The molecule has 3 rings (SSSR count). The molecule has 1 fully saturated rings. The number of rotatable bonds is 12. The zero-order valence-corrected chi connectivity index (χ0v) is 25.1. The maximum Gasteiger partial charge on any atom is 0.255 e. The van der Waals surface area contributed by atoms with Gasteiger partial charge in [0.2, 0.25) is 0 Å². The van der Waals surface area contributed by atoms with Crippen LogP contribution in [0.5, 0.6) is 0 Å². The van der Waals surface area contributed by atoms with Crippen molar-refractivity contribution >= 4 is 40.1 Å². The summed E-state index contributed by atoms with van der Waals surface area (Å²) >= 11 is 7.16. The summed E-state index contributed by atoms with van der Waals surface area (Å²) in [6.45, 7) is 8.95. The van der Waals surface area contributed by atoms with E-state index in [4.69, 9.17) is 17.0 Å². The number of hydrogen-bond donors (Lipinski definition) is 1. The third-order valence-corrected chi connectivity index (χ3v) is 7.73. The van der Waals surface area contributed by atoms with Crippen molar-refractivity contribution < 1.29 is 47.3 Å². The van der Waals surface area contributed by atoms with Crippen LogP contribution in [0.15, 0.2) is 36.4 Å². The average molecular weight is 577 g/mol. The molecule has 1 N–H and O–H groups in total. The standard InChI is InChI=1S/C26H35N2O3S2.Y/c1-5-7-8-11-23(29)26(3,4)19-12-14-20(15-13-19)28-24(30)22(6-2)25(32)27(28)18-31-17-21-10-9-16-33-21;/h9-10,12-15,22-23,29H,5-8,11,17-18H2,1-4H3;/q-1;. The van der Waals surface area contributed by atoms with Gasteiger partial charge in [-0.3, -0.25) is 16.1 Å². The van der Waals surface area contributed by atoms with Crippen molar-refractivity contribution in [2.75, 3.05) is 11.7 Å². The van der Waals surface area contributed by atoms with Gasteiger partial charge >= 0.3 is 0 Å². The summed E-state index contributed by atoms with van der Waals surface area (Å²) < 4.78 is 5.88. The maximum absolute atomic E-state index is 13.2. The van der Waals surface area contributed by atoms with Crippen LogP contribution in [-0.2, 0) is 54.3 Å². The molecule has 183 valence electrons. The van der Waals surface area contributed by atoms with Gasteiger partial charge in [-0.25, -0.2) is 10.0 Å². The molecule has 0 bridgehead atoms. The molecule has 2 unspecified atom stereocenters. The SMILES string of the molecule is CCCCCC(O)C(C)(C)c1ccc(N2C(=O)C(CC)C(=S)N2COCc2cc[c-]s2)cc1.[Y]. The van der Waals surface area contributed by atoms with Gasteiger partial charge in [0.1, 0.15) is 11.7 Å². The first-order chi connectivity index (χ1) is 15.8. The van der Waals surface area contributed by atoms with Crippen LogP contribution >= 0.6 is 23.6 Å². The predicted molar refractivity (Wildman–Crippen MR) is 138 cm³/mol. The Kier molecular flexibility index (Phi) is 11.8. The monoisotopic (exact) mass is 576 g/mol. The summed E-state index contributed by atoms with van der Waals surface area (Å²) in [5.41, 5.74) is 1.43. The van der Waals surface area contributed by atoms with Gasteiger partial charge in [0, 0.05) is 44.7 Å². The molecule has 0 spiro atoms. The van der Waals surface area contributed by atoms with E-state index < -0.39 is 6.10 Å². The van der Waals surface area contributed by atoms with E-state index in [2.05, 4.69) is 26.2 Å². The van der Waals surface area contributed by atoms with E-state index in [0.29, 0.717) is 18.0 Å². The van der Waals surface area contributed by atoms with Gasteiger partial charge in [0.25, 0.3) is 5.91 Å². The number of carbonyl (C=O) groups is 1. The molecule has 1 aliphatic heterocycles. The Morgan fingerprint density at radius 2 is 1.91 bits per heavy atom. The molecular formula is C26H35N2O3S2Y-. The first-order valence-electron chi connectivity index (χ1n) is 11.8. The third-order valence-electron chi connectivity index (χ3n) is 6.46. The van der Waals surface area contributed by atoms with Crippen molar-refractivity contribution in [3.63, 3.8) is 0 Å². The Hall–Kier alpha value is -0.696. The van der Waals surface area contributed by atoms with Crippen molar-refractivity contribution in [2.24, 2.45) is 5.92 Å². The third kappa shape index (κ3) is 6.74. The number of hydrogen-bond acceptors (Lipinski definition) is 5. The molecule has 2 atom stereocenters. The summed E-state index contributed by atoms with van der Waals surface area (Å²) in [7, 11) is 0. The second kappa shape index (κ2) is 13.6. The first kappa shape index (κ1) is 29.5. The smallest absolute Gasteiger partial charge is 0.255 e. The molecular weight excluding hydrogens is 541 g/mol. The quantitative estimate of drug-likeness (QED) is 0.195. The summed E-state index contributed by atoms with van der Waals surface area (Å²) in [5.74, 6) is -0.350. The fourth-order valence-electron chi connectivity index (χ4n) is 4.14. The maximum atomic E-state index is 13.2. The number of thiophene rings is 1. The minimum absolute atomic E-state index is 0. The number of nitrogens with zero attached hydrogens (tertiary/aromatic N) is 2. The minimum Gasteiger partial charge on any atom is -0.392 e. The van der Waals surface area contributed by atoms with E-state index >= 15 is 0 Å². The van der Waals surface area contributed by atoms with Crippen molar-refractivity contribution in [1.29, 1.82) is 0 Å². The molecule has 1 aromatic carbocycles. The summed E-state index contributed by atoms with van der Waals surface area (Å²) in [6, 6.07) is 11.7. The fourth-order valence-corrected chi connectivity index (χ4v) is 5.11. The van der Waals surface area contributed by atoms with E-state index in [-0.39, 0.29) is 56.7 Å². The van der Waals surface area contributed by atoms with E-state index in [1.807, 2.05) is 43.3 Å². The Morgan fingerprint density at radius 3 is 2.50 bits per heavy atom. The van der Waals surface area contributed by atoms with Crippen molar-refractivity contribution in [2.45, 2.75) is 77.9 Å². The fraction of sp³-hybridized carbons (Fsp3) is 0.538. The number of aliphatic hydroxyl groups excluding tert-OH is 1. The second-order valence-corrected chi connectivity index (χ2v) is 10.5. The van der Waals surface area contributed by atoms with E-state index in [9.17, 15) is 9.90 Å². The van der Waals surface area contributed by atoms with Crippen LogP contribution in [0.3, 0.4) is 0 Å². The van der Waals surface area contributed by atoms with Gasteiger partial charge in [-0.1, -0.05) is 71.3 Å². The Morgan fingerprint density at radius 1 is 1.21 bits per heavy atom. The number of benzene rings is 1. The van der Waals surface area contributed by atoms with E-state index in [1.165, 1.54) is 11.3 Å². The molecule has 1 aromatic heterocycles. The molecule has 2 heterocycles. The number of carbonyl (C=O) groups excluding carboxylic acids is 1. The normalized spacial score (nSPS) is 17.3. The van der Waals surface area contributed by atoms with Crippen LogP contribution in [0.2, 0.25) is 0 Å². The summed E-state index contributed by atoms with van der Waals surface area (Å²) in [5, 5.41) is 17.3. The van der Waals surface area contributed by atoms with Crippen molar-refractivity contribution in [1.82, 2.24) is 5.01 Å². The Labute approximate surface area is 238 Å². The number of amides is 1. The van der Waals surface area contributed by atoms with Gasteiger partial charge in [-0.05, 0) is 30.5 Å². The van der Waals surface area contributed by atoms with Crippen LogP contribution in [0.25, 0.3) is 0 Å². The molecule has 5 nitrogen and oxygen atoms in total. The van der Waals surface area contributed by atoms with Crippen LogP contribution in [0.4, 0.5) is 5.69 Å². The van der Waals surface area contributed by atoms with Crippen LogP contribution in [-0.4, -0.2) is 33.8 Å². The largest absolute Gasteiger partial charge is 0.392 e. The number of thiocarbonyl (C=S) groups is 1. The van der Waals surface area contributed by atoms with Crippen LogP contribution in [0.1, 0.15) is 70.2 Å². The van der Waals surface area contributed by atoms with E-state index in [0.717, 1.165) is 41.8 Å². The van der Waals surface area contributed by atoms with Gasteiger partial charge < -0.3 is 9.84 Å². The molecule has 0 aliphatic carbocycles. The number of anilines is 1. The molecule has 1 saturated heterocycles. The second-order valence-electron chi connectivity index (χ2n) is 9.13. The number of ether oxygens (including phenoxy) is 1. The summed E-state index contributed by atoms with van der Waals surface area (Å²) in [4.78, 5) is 14.9. The molecule has 8 heteroatoms. The molecule has 0 saturated carbocycles. The topological polar surface area (TPSA) is 53.0 Å². The van der Waals surface area contributed by atoms with Crippen LogP contribution in [0, 0.1) is 11.3 Å². The Bertz CT molecular complexity index is 919. The average Bonchev–Trinajstić information content (AvgIpc) is 3.40. The van der Waals surface area contributed by atoms with Gasteiger partial charge in [-0.2, -0.15) is 12.1 Å². The molecule has 34 heavy (non-hydrogen) atoms. The number of aliphatic hydroxyl groups is 1. The molecule has 1 amide bonds. The molecule has 1 radical (unpaired) electrons. The van der Waals surface area contributed by atoms with Crippen molar-refractivity contribution in [3.05, 3.63) is 52.2 Å². The number of hydrazine groups is 1. The van der Waals surface area contributed by atoms with E-state index in [1.54, 1.807) is 10.0 Å². The Balaban J connectivity index is 0.00000408. The summed E-state index contributed by atoms with van der Waals surface area (Å²) in [6.07, 6.45) is 4.31.